The smallest absolute Gasteiger partial charge is 0.237 e. The molecule has 1 amide bonds. The van der Waals surface area contributed by atoms with Crippen LogP contribution in [0.5, 0.6) is 0 Å². The summed E-state index contributed by atoms with van der Waals surface area (Å²) >= 11 is 3.48. The van der Waals surface area contributed by atoms with Crippen molar-refractivity contribution in [1.29, 1.82) is 0 Å². The van der Waals surface area contributed by atoms with Crippen LogP contribution < -0.4 is 11.1 Å². The van der Waals surface area contributed by atoms with Crippen LogP contribution in [0.2, 0.25) is 0 Å². The Hall–Kier alpha value is -0.870. The van der Waals surface area contributed by atoms with Crippen LogP contribution in [0.25, 0.3) is 0 Å². The molecule has 2 atom stereocenters. The zero-order chi connectivity index (χ0) is 13.5. The van der Waals surface area contributed by atoms with E-state index in [4.69, 9.17) is 5.73 Å². The van der Waals surface area contributed by atoms with Gasteiger partial charge < -0.3 is 11.1 Å². The normalized spacial score (nSPS) is 14.0. The van der Waals surface area contributed by atoms with E-state index >= 15 is 0 Å². The number of nitrogens with two attached hydrogens (primary N) is 1. The Morgan fingerprint density at radius 3 is 2.72 bits per heavy atom. The van der Waals surface area contributed by atoms with Crippen LogP contribution in [0.15, 0.2) is 28.7 Å². The second-order valence-corrected chi connectivity index (χ2v) is 5.35. The summed E-state index contributed by atoms with van der Waals surface area (Å²) in [5, 5.41) is 2.95. The summed E-state index contributed by atoms with van der Waals surface area (Å²) < 4.78 is 1.000. The quantitative estimate of drug-likeness (QED) is 0.847. The molecule has 0 aliphatic heterocycles. The van der Waals surface area contributed by atoms with Crippen LogP contribution in [0, 0.1) is 0 Å². The lowest BCUT2D eigenvalue weighted by Crippen LogP contribution is -2.41. The number of hydrogen-bond acceptors (Lipinski definition) is 2. The van der Waals surface area contributed by atoms with Crippen LogP contribution >= 0.6 is 15.9 Å². The molecule has 0 aromatic heterocycles. The van der Waals surface area contributed by atoms with Crippen molar-refractivity contribution in [2.45, 2.75) is 45.2 Å². The highest BCUT2D eigenvalue weighted by Gasteiger charge is 2.17. The number of unbranched alkanes of at least 4 members (excludes halogenated alkanes) is 1. The SMILES string of the molecule is CCCCC(N)C(=O)NC(C)c1ccccc1Br. The summed E-state index contributed by atoms with van der Waals surface area (Å²) in [6, 6.07) is 7.42. The molecule has 100 valence electrons. The fraction of sp³-hybridized carbons (Fsp3) is 0.500. The highest BCUT2D eigenvalue weighted by atomic mass is 79.9. The van der Waals surface area contributed by atoms with E-state index in [-0.39, 0.29) is 11.9 Å². The molecule has 0 radical (unpaired) electrons. The molecule has 3 N–H and O–H groups in total. The van der Waals surface area contributed by atoms with Gasteiger partial charge in [0, 0.05) is 4.47 Å². The minimum absolute atomic E-state index is 0.0410. The van der Waals surface area contributed by atoms with Crippen molar-refractivity contribution in [2.24, 2.45) is 5.73 Å². The monoisotopic (exact) mass is 312 g/mol. The molecular weight excluding hydrogens is 292 g/mol. The maximum absolute atomic E-state index is 11.9. The van der Waals surface area contributed by atoms with Gasteiger partial charge in [0.25, 0.3) is 0 Å². The van der Waals surface area contributed by atoms with Crippen LogP contribution in [0.4, 0.5) is 0 Å². The van der Waals surface area contributed by atoms with Crippen molar-refractivity contribution in [3.05, 3.63) is 34.3 Å². The maximum Gasteiger partial charge on any atom is 0.237 e. The first kappa shape index (κ1) is 15.2. The zero-order valence-corrected chi connectivity index (χ0v) is 12.5. The molecule has 0 aliphatic rings. The van der Waals surface area contributed by atoms with Crippen molar-refractivity contribution in [1.82, 2.24) is 5.32 Å². The van der Waals surface area contributed by atoms with E-state index in [2.05, 4.69) is 28.2 Å². The number of carbonyl (C=O) groups is 1. The molecule has 1 rings (SSSR count). The number of amides is 1. The number of benzene rings is 1. The number of hydrogen-bond donors (Lipinski definition) is 2. The van der Waals surface area contributed by atoms with Gasteiger partial charge in [-0.25, -0.2) is 0 Å². The molecule has 0 spiro atoms. The predicted octanol–water partition coefficient (Wildman–Crippen LogP) is 3.14. The maximum atomic E-state index is 11.9. The van der Waals surface area contributed by atoms with E-state index in [9.17, 15) is 4.79 Å². The standard InChI is InChI=1S/C14H21BrN2O/c1-3-4-9-13(16)14(18)17-10(2)11-7-5-6-8-12(11)15/h5-8,10,13H,3-4,9,16H2,1-2H3,(H,17,18). The van der Waals surface area contributed by atoms with Gasteiger partial charge in [0.2, 0.25) is 5.91 Å². The Bertz CT molecular complexity index is 395. The highest BCUT2D eigenvalue weighted by molar-refractivity contribution is 9.10. The Balaban J connectivity index is 2.57. The van der Waals surface area contributed by atoms with Gasteiger partial charge in [-0.05, 0) is 25.0 Å². The minimum Gasteiger partial charge on any atom is -0.348 e. The van der Waals surface area contributed by atoms with Gasteiger partial charge in [0.15, 0.2) is 0 Å². The lowest BCUT2D eigenvalue weighted by atomic mass is 10.1. The first-order valence-electron chi connectivity index (χ1n) is 6.36. The third-order valence-electron chi connectivity index (χ3n) is 2.94. The summed E-state index contributed by atoms with van der Waals surface area (Å²) in [5.74, 6) is -0.0771. The molecule has 3 nitrogen and oxygen atoms in total. The fourth-order valence-electron chi connectivity index (χ4n) is 1.78. The molecule has 0 saturated heterocycles. The topological polar surface area (TPSA) is 55.1 Å². The molecule has 1 aromatic rings. The largest absolute Gasteiger partial charge is 0.348 e. The molecule has 18 heavy (non-hydrogen) atoms. The average Bonchev–Trinajstić information content (AvgIpc) is 2.36. The van der Waals surface area contributed by atoms with Crippen molar-refractivity contribution in [3.63, 3.8) is 0 Å². The summed E-state index contributed by atoms with van der Waals surface area (Å²) in [6.45, 7) is 4.05. The Morgan fingerprint density at radius 1 is 1.44 bits per heavy atom. The summed E-state index contributed by atoms with van der Waals surface area (Å²) in [7, 11) is 0. The fourth-order valence-corrected chi connectivity index (χ4v) is 2.41. The number of rotatable bonds is 6. The Labute approximate surface area is 117 Å². The predicted molar refractivity (Wildman–Crippen MR) is 78.2 cm³/mol. The summed E-state index contributed by atoms with van der Waals surface area (Å²) in [6.07, 6.45) is 2.78. The van der Waals surface area contributed by atoms with Gasteiger partial charge in [-0.3, -0.25) is 4.79 Å². The Morgan fingerprint density at radius 2 is 2.11 bits per heavy atom. The third kappa shape index (κ3) is 4.42. The third-order valence-corrected chi connectivity index (χ3v) is 3.66. The number of halogens is 1. The lowest BCUT2D eigenvalue weighted by Gasteiger charge is -2.18. The average molecular weight is 313 g/mol. The van der Waals surface area contributed by atoms with E-state index in [1.54, 1.807) is 0 Å². The number of carbonyl (C=O) groups excluding carboxylic acids is 1. The molecule has 0 aliphatic carbocycles. The summed E-state index contributed by atoms with van der Waals surface area (Å²) in [4.78, 5) is 11.9. The van der Waals surface area contributed by atoms with Gasteiger partial charge in [0.05, 0.1) is 12.1 Å². The number of nitrogens with one attached hydrogen (secondary N) is 1. The summed E-state index contributed by atoms with van der Waals surface area (Å²) in [5.41, 5.74) is 6.91. The van der Waals surface area contributed by atoms with Crippen LogP contribution in [0.1, 0.15) is 44.7 Å². The minimum atomic E-state index is -0.408. The van der Waals surface area contributed by atoms with Crippen molar-refractivity contribution >= 4 is 21.8 Å². The molecule has 2 unspecified atom stereocenters. The van der Waals surface area contributed by atoms with Gasteiger partial charge in [-0.1, -0.05) is 53.9 Å². The van der Waals surface area contributed by atoms with Crippen LogP contribution in [-0.4, -0.2) is 11.9 Å². The van der Waals surface area contributed by atoms with Gasteiger partial charge in [-0.15, -0.1) is 0 Å². The van der Waals surface area contributed by atoms with E-state index in [0.717, 1.165) is 29.3 Å². The van der Waals surface area contributed by atoms with Gasteiger partial charge in [0.1, 0.15) is 0 Å². The van der Waals surface area contributed by atoms with Crippen molar-refractivity contribution in [2.75, 3.05) is 0 Å². The first-order chi connectivity index (χ1) is 8.56. The van der Waals surface area contributed by atoms with Crippen LogP contribution in [-0.2, 0) is 4.79 Å². The molecule has 1 aromatic carbocycles. The lowest BCUT2D eigenvalue weighted by molar-refractivity contribution is -0.123. The Kier molecular flexibility index (Phi) is 6.36. The molecule has 0 bridgehead atoms. The highest BCUT2D eigenvalue weighted by Crippen LogP contribution is 2.22. The molecule has 4 heteroatoms. The second kappa shape index (κ2) is 7.54. The van der Waals surface area contributed by atoms with E-state index in [1.807, 2.05) is 31.2 Å². The molecular formula is C14H21BrN2O. The second-order valence-electron chi connectivity index (χ2n) is 4.50. The van der Waals surface area contributed by atoms with Crippen molar-refractivity contribution in [3.8, 4) is 0 Å². The zero-order valence-electron chi connectivity index (χ0n) is 10.9. The van der Waals surface area contributed by atoms with E-state index in [1.165, 1.54) is 0 Å². The van der Waals surface area contributed by atoms with Crippen molar-refractivity contribution < 1.29 is 4.79 Å². The van der Waals surface area contributed by atoms with E-state index < -0.39 is 6.04 Å². The molecule has 0 heterocycles. The first-order valence-corrected chi connectivity index (χ1v) is 7.16. The molecule has 0 saturated carbocycles. The van der Waals surface area contributed by atoms with Gasteiger partial charge in [-0.2, -0.15) is 0 Å². The van der Waals surface area contributed by atoms with Gasteiger partial charge >= 0.3 is 0 Å². The van der Waals surface area contributed by atoms with Crippen LogP contribution in [0.3, 0.4) is 0 Å². The molecule has 0 fully saturated rings. The van der Waals surface area contributed by atoms with E-state index in [0.29, 0.717) is 0 Å².